The number of nitrogens with zero attached hydrogens (tertiary/aromatic N) is 3. The molecule has 5 N–H and O–H groups in total. The normalized spacial score (nSPS) is 20.0. The summed E-state index contributed by atoms with van der Waals surface area (Å²) in [7, 11) is -3.83. The van der Waals surface area contributed by atoms with Gasteiger partial charge in [0.1, 0.15) is 24.5 Å². The van der Waals surface area contributed by atoms with E-state index in [0.29, 0.717) is 17.4 Å². The number of nitrogen functional groups attached to an aromatic ring is 1. The number of benzene rings is 1. The van der Waals surface area contributed by atoms with Gasteiger partial charge in [-0.3, -0.25) is 23.7 Å². The Labute approximate surface area is 245 Å². The summed E-state index contributed by atoms with van der Waals surface area (Å²) < 4.78 is 67.7. The quantitative estimate of drug-likeness (QED) is 0.160. The van der Waals surface area contributed by atoms with E-state index >= 15 is 8.78 Å². The molecule has 0 spiro atoms. The molecule has 1 fully saturated rings. The summed E-state index contributed by atoms with van der Waals surface area (Å²) >= 11 is 0. The van der Waals surface area contributed by atoms with E-state index in [1.54, 1.807) is 18.2 Å². The van der Waals surface area contributed by atoms with E-state index in [1.807, 2.05) is 0 Å². The van der Waals surface area contributed by atoms with Crippen LogP contribution in [0.1, 0.15) is 46.0 Å². The second-order valence-corrected chi connectivity index (χ2v) is 12.1. The second kappa shape index (κ2) is 13.1. The molecule has 0 aliphatic heterocycles. The van der Waals surface area contributed by atoms with E-state index < -0.39 is 49.7 Å². The van der Waals surface area contributed by atoms with Crippen LogP contribution in [0.25, 0.3) is 11.2 Å². The zero-order chi connectivity index (χ0) is 31.4. The van der Waals surface area contributed by atoms with Crippen molar-refractivity contribution in [2.24, 2.45) is 0 Å². The Morgan fingerprint density at radius 1 is 1.30 bits per heavy atom. The van der Waals surface area contributed by atoms with Crippen LogP contribution >= 0.6 is 7.75 Å². The van der Waals surface area contributed by atoms with E-state index in [4.69, 9.17) is 24.3 Å². The molecule has 4 rings (SSSR count). The summed E-state index contributed by atoms with van der Waals surface area (Å²) in [6.07, 6.45) is 1.90. The number of methoxy groups -OCH3 is 1. The van der Waals surface area contributed by atoms with E-state index in [-0.39, 0.29) is 29.0 Å². The number of esters is 1. The average Bonchev–Trinajstić information content (AvgIpc) is 3.42. The lowest BCUT2D eigenvalue weighted by Crippen LogP contribution is -2.55. The van der Waals surface area contributed by atoms with Crippen LogP contribution in [-0.4, -0.2) is 68.5 Å². The summed E-state index contributed by atoms with van der Waals surface area (Å²) in [6, 6.07) is 6.46. The molecular weight excluding hydrogens is 593 g/mol. The van der Waals surface area contributed by atoms with Crippen molar-refractivity contribution in [3.8, 4) is 5.75 Å². The van der Waals surface area contributed by atoms with Gasteiger partial charge in [-0.25, -0.2) is 18.3 Å². The molecule has 43 heavy (non-hydrogen) atoms. The zero-order valence-electron chi connectivity index (χ0n) is 23.9. The topological polar surface area (TPSA) is 193 Å². The Morgan fingerprint density at radius 3 is 2.63 bits per heavy atom. The van der Waals surface area contributed by atoms with Crippen molar-refractivity contribution in [2.45, 2.75) is 75.8 Å². The number of imidazole rings is 1. The highest BCUT2D eigenvalue weighted by atomic mass is 31.2. The first-order valence-electron chi connectivity index (χ1n) is 13.6. The van der Waals surface area contributed by atoms with E-state index in [0.717, 1.165) is 39.6 Å². The highest BCUT2D eigenvalue weighted by Gasteiger charge is 2.54. The third-order valence-electron chi connectivity index (χ3n) is 7.05. The number of aromatic nitrogens is 4. The minimum absolute atomic E-state index is 0.0376. The van der Waals surface area contributed by atoms with Crippen LogP contribution in [0.4, 0.5) is 14.7 Å². The molecule has 5 atom stereocenters. The number of anilines is 1. The van der Waals surface area contributed by atoms with Gasteiger partial charge in [-0.15, -0.1) is 0 Å². The molecule has 1 aliphatic carbocycles. The number of aliphatic hydroxyl groups is 1. The highest BCUT2D eigenvalue weighted by molar-refractivity contribution is 7.52. The van der Waals surface area contributed by atoms with Crippen LogP contribution in [0, 0.1) is 0 Å². The number of hydrogen-bond acceptors (Lipinski definition) is 11. The fraction of sp³-hybridized carbons (Fsp3) is 0.538. The van der Waals surface area contributed by atoms with Crippen LogP contribution in [0.5, 0.6) is 5.75 Å². The number of para-hydroxylation sites is 1. The number of ether oxygens (including phenoxy) is 2. The summed E-state index contributed by atoms with van der Waals surface area (Å²) in [5.41, 5.74) is 1.39. The minimum atomic E-state index is -4.63. The van der Waals surface area contributed by atoms with Gasteiger partial charge < -0.3 is 24.8 Å². The van der Waals surface area contributed by atoms with Crippen molar-refractivity contribution >= 4 is 30.8 Å². The van der Waals surface area contributed by atoms with Gasteiger partial charge in [-0.1, -0.05) is 24.6 Å². The van der Waals surface area contributed by atoms with Crippen LogP contribution < -0.4 is 20.9 Å². The molecule has 236 valence electrons. The van der Waals surface area contributed by atoms with Crippen molar-refractivity contribution < 1.29 is 41.8 Å². The van der Waals surface area contributed by atoms with Gasteiger partial charge in [-0.05, 0) is 51.7 Å². The predicted octanol–water partition coefficient (Wildman–Crippen LogP) is 3.07. The standard InChI is InChI=1S/C26H35F2N6O8P/c1-16(22(36)41-17-10-6-4-7-11-17)33-43(38,42-18-12-8-5-9-13-18)40-14-26(28,39-3)23(27)25(2,37)34-15-30-19-20(34)31-24(29)32-21(19)35/h5,8-9,12-13,15-17,23,37H,4,6-7,10-11,14H2,1-3H3,(H,33,38)(H3,29,31,32,35)/t16?,23-,25+,26+,43?/m0/s1. The number of rotatable bonds is 13. The minimum Gasteiger partial charge on any atom is -0.461 e. The van der Waals surface area contributed by atoms with Crippen molar-refractivity contribution in [3.05, 3.63) is 47.0 Å². The highest BCUT2D eigenvalue weighted by Crippen LogP contribution is 2.47. The Balaban J connectivity index is 1.56. The smallest absolute Gasteiger partial charge is 0.459 e. The molecule has 2 unspecified atom stereocenters. The first-order chi connectivity index (χ1) is 20.3. The largest absolute Gasteiger partial charge is 0.461 e. The number of hydrogen-bond donors (Lipinski definition) is 4. The molecular formula is C26H35F2N6O8P. The third-order valence-corrected chi connectivity index (χ3v) is 8.68. The van der Waals surface area contributed by atoms with Crippen molar-refractivity contribution in [2.75, 3.05) is 19.5 Å². The van der Waals surface area contributed by atoms with Gasteiger partial charge in [-0.2, -0.15) is 10.1 Å². The SMILES string of the molecule is CO[C@](F)(COP(=O)(NC(C)C(=O)OC1CCCCC1)Oc1ccccc1)[C@@H](F)[C@@](C)(O)n1cnc2c(=O)[nH]c(N)nc21. The van der Waals surface area contributed by atoms with Crippen LogP contribution in [-0.2, 0) is 29.1 Å². The summed E-state index contributed by atoms with van der Waals surface area (Å²) in [5.74, 6) is -4.51. The third kappa shape index (κ3) is 7.39. The zero-order valence-corrected chi connectivity index (χ0v) is 24.8. The maximum Gasteiger partial charge on any atom is 0.459 e. The number of fused-ring (bicyclic) bond motifs is 1. The fourth-order valence-corrected chi connectivity index (χ4v) is 6.15. The summed E-state index contributed by atoms with van der Waals surface area (Å²) in [6.45, 7) is 0.861. The number of carbonyl (C=O) groups excluding carboxylic acids is 1. The predicted molar refractivity (Wildman–Crippen MR) is 150 cm³/mol. The first-order valence-corrected chi connectivity index (χ1v) is 15.1. The number of nitrogens with two attached hydrogens (primary N) is 1. The molecule has 0 radical (unpaired) electrons. The first kappa shape index (κ1) is 32.5. The Hall–Kier alpha value is -3.43. The van der Waals surface area contributed by atoms with Crippen molar-refractivity contribution in [1.82, 2.24) is 24.6 Å². The molecule has 0 bridgehead atoms. The molecule has 1 aliphatic rings. The number of nitrogens with one attached hydrogen (secondary N) is 2. The van der Waals surface area contributed by atoms with Crippen molar-refractivity contribution in [3.63, 3.8) is 0 Å². The van der Waals surface area contributed by atoms with Crippen LogP contribution in [0.15, 0.2) is 41.5 Å². The van der Waals surface area contributed by atoms with E-state index in [1.165, 1.54) is 19.1 Å². The summed E-state index contributed by atoms with van der Waals surface area (Å²) in [5, 5.41) is 13.6. The molecule has 0 saturated heterocycles. The molecule has 2 heterocycles. The van der Waals surface area contributed by atoms with Crippen LogP contribution in [0.2, 0.25) is 0 Å². The monoisotopic (exact) mass is 628 g/mol. The van der Waals surface area contributed by atoms with Gasteiger partial charge in [0.05, 0.1) is 6.33 Å². The van der Waals surface area contributed by atoms with Gasteiger partial charge in [0.15, 0.2) is 16.9 Å². The Bertz CT molecular complexity index is 1520. The fourth-order valence-electron chi connectivity index (χ4n) is 4.65. The lowest BCUT2D eigenvalue weighted by atomic mass is 9.98. The molecule has 2 aromatic heterocycles. The second-order valence-electron chi connectivity index (χ2n) is 10.4. The lowest BCUT2D eigenvalue weighted by molar-refractivity contribution is -0.248. The van der Waals surface area contributed by atoms with Gasteiger partial charge in [0.25, 0.3) is 11.4 Å². The molecule has 0 amide bonds. The van der Waals surface area contributed by atoms with E-state index in [2.05, 4.69) is 20.0 Å². The van der Waals surface area contributed by atoms with Gasteiger partial charge in [0.2, 0.25) is 12.1 Å². The lowest BCUT2D eigenvalue weighted by Gasteiger charge is -2.37. The molecule has 17 heteroatoms. The number of H-pyrrole nitrogens is 1. The number of halogens is 2. The number of aromatic amines is 1. The maximum absolute atomic E-state index is 16.1. The Kier molecular flexibility index (Phi) is 9.86. The molecule has 1 saturated carbocycles. The van der Waals surface area contributed by atoms with E-state index in [9.17, 15) is 19.3 Å². The van der Waals surface area contributed by atoms with Gasteiger partial charge in [0, 0.05) is 7.11 Å². The number of carbonyl (C=O) groups is 1. The molecule has 1 aromatic carbocycles. The van der Waals surface area contributed by atoms with Crippen LogP contribution in [0.3, 0.4) is 0 Å². The number of alkyl halides is 2. The molecule has 3 aromatic rings. The summed E-state index contributed by atoms with van der Waals surface area (Å²) in [4.78, 5) is 34.8. The maximum atomic E-state index is 16.1. The van der Waals surface area contributed by atoms with Gasteiger partial charge >= 0.3 is 13.7 Å². The molecule has 14 nitrogen and oxygen atoms in total. The Morgan fingerprint density at radius 2 is 1.98 bits per heavy atom. The average molecular weight is 629 g/mol. The van der Waals surface area contributed by atoms with Crippen molar-refractivity contribution in [1.29, 1.82) is 0 Å².